The Kier molecular flexibility index (Phi) is 7.01. The molecule has 7 nitrogen and oxygen atoms in total. The fourth-order valence-electron chi connectivity index (χ4n) is 4.27. The second-order valence-electron chi connectivity index (χ2n) is 8.44. The lowest BCUT2D eigenvalue weighted by Crippen LogP contribution is -2.30. The first-order valence-corrected chi connectivity index (χ1v) is 11.0. The van der Waals surface area contributed by atoms with E-state index in [4.69, 9.17) is 13.9 Å². The summed E-state index contributed by atoms with van der Waals surface area (Å²) in [6.45, 7) is 3.05. The van der Waals surface area contributed by atoms with Gasteiger partial charge in [-0.05, 0) is 42.3 Å². The molecule has 0 atom stereocenters. The summed E-state index contributed by atoms with van der Waals surface area (Å²) in [5.74, 6) is 1.96. The molecule has 0 spiro atoms. The monoisotopic (exact) mass is 450 g/mol. The number of aromatic hydroxyl groups is 1. The van der Waals surface area contributed by atoms with Crippen LogP contribution in [0.25, 0.3) is 0 Å². The molecule has 1 aromatic heterocycles. The van der Waals surface area contributed by atoms with E-state index in [1.807, 2.05) is 54.4 Å². The first-order valence-electron chi connectivity index (χ1n) is 11.0. The van der Waals surface area contributed by atoms with Crippen molar-refractivity contribution in [2.24, 2.45) is 0 Å². The molecule has 3 aromatic rings. The molecule has 1 N–H and O–H groups in total. The lowest BCUT2D eigenvalue weighted by atomic mass is 9.98. The smallest absolute Gasteiger partial charge is 0.227 e. The summed E-state index contributed by atoms with van der Waals surface area (Å²) >= 11 is 0. The van der Waals surface area contributed by atoms with Crippen LogP contribution in [0, 0.1) is 0 Å². The third kappa shape index (κ3) is 5.38. The lowest BCUT2D eigenvalue weighted by molar-refractivity contribution is 0.209. The summed E-state index contributed by atoms with van der Waals surface area (Å²) in [7, 11) is 5.20. The minimum absolute atomic E-state index is 0.291. The van der Waals surface area contributed by atoms with Gasteiger partial charge in [0.25, 0.3) is 0 Å². The zero-order valence-electron chi connectivity index (χ0n) is 19.3. The highest BCUT2D eigenvalue weighted by molar-refractivity contribution is 5.48. The standard InChI is InChI=1S/C26H30N2O5/c1-27(14-18-7-5-4-6-8-18)17-25-26(30)22(29)13-21(33-25)16-28-10-9-19-11-23(31-2)24(32-3)12-20(19)15-28/h4-8,11-13,30H,9-10,14-17H2,1-3H3. The molecule has 2 aromatic carbocycles. The van der Waals surface area contributed by atoms with Crippen LogP contribution in [0.2, 0.25) is 0 Å². The molecule has 0 fully saturated rings. The van der Waals surface area contributed by atoms with E-state index in [1.165, 1.54) is 17.2 Å². The third-order valence-corrected chi connectivity index (χ3v) is 5.93. The van der Waals surface area contributed by atoms with E-state index in [1.54, 1.807) is 14.2 Å². The van der Waals surface area contributed by atoms with E-state index in [2.05, 4.69) is 4.90 Å². The van der Waals surface area contributed by atoms with Crippen LogP contribution in [0.3, 0.4) is 0 Å². The second-order valence-corrected chi connectivity index (χ2v) is 8.44. The minimum Gasteiger partial charge on any atom is -0.502 e. The highest BCUT2D eigenvalue weighted by atomic mass is 16.5. The quantitative estimate of drug-likeness (QED) is 0.562. The van der Waals surface area contributed by atoms with Gasteiger partial charge in [-0.15, -0.1) is 0 Å². The summed E-state index contributed by atoms with van der Waals surface area (Å²) in [5.41, 5.74) is 3.14. The molecular weight excluding hydrogens is 420 g/mol. The van der Waals surface area contributed by atoms with Crippen molar-refractivity contribution < 1.29 is 19.0 Å². The summed E-state index contributed by atoms with van der Waals surface area (Å²) < 4.78 is 16.9. The van der Waals surface area contributed by atoms with Gasteiger partial charge in [-0.3, -0.25) is 14.6 Å². The minimum atomic E-state index is -0.414. The van der Waals surface area contributed by atoms with E-state index >= 15 is 0 Å². The molecule has 0 amide bonds. The van der Waals surface area contributed by atoms with Gasteiger partial charge in [0.1, 0.15) is 5.76 Å². The van der Waals surface area contributed by atoms with Gasteiger partial charge in [-0.1, -0.05) is 30.3 Å². The fourth-order valence-corrected chi connectivity index (χ4v) is 4.27. The zero-order valence-corrected chi connectivity index (χ0v) is 19.3. The molecule has 7 heteroatoms. The maximum atomic E-state index is 12.4. The average Bonchev–Trinajstić information content (AvgIpc) is 2.81. The van der Waals surface area contributed by atoms with Crippen molar-refractivity contribution in [3.05, 3.63) is 87.0 Å². The summed E-state index contributed by atoms with van der Waals surface area (Å²) in [6, 6.07) is 15.5. The van der Waals surface area contributed by atoms with E-state index in [9.17, 15) is 9.90 Å². The number of hydrogen-bond acceptors (Lipinski definition) is 7. The molecule has 1 aliphatic rings. The first-order chi connectivity index (χ1) is 16.0. The van der Waals surface area contributed by atoms with Crippen LogP contribution >= 0.6 is 0 Å². The number of methoxy groups -OCH3 is 2. The van der Waals surface area contributed by atoms with E-state index in [-0.39, 0.29) is 5.75 Å². The lowest BCUT2D eigenvalue weighted by Gasteiger charge is -2.29. The summed E-state index contributed by atoms with van der Waals surface area (Å²) in [4.78, 5) is 16.6. The SMILES string of the molecule is COc1cc2c(cc1OC)CN(Cc1cc(=O)c(O)c(CN(C)Cc3ccccc3)o1)CC2. The van der Waals surface area contributed by atoms with Crippen LogP contribution in [-0.4, -0.2) is 42.7 Å². The molecule has 33 heavy (non-hydrogen) atoms. The van der Waals surface area contributed by atoms with Crippen molar-refractivity contribution in [2.45, 2.75) is 32.6 Å². The molecule has 1 aliphatic heterocycles. The summed E-state index contributed by atoms with van der Waals surface area (Å²) in [5, 5.41) is 10.3. The molecule has 0 saturated carbocycles. The summed E-state index contributed by atoms with van der Waals surface area (Å²) in [6.07, 6.45) is 0.866. The topological polar surface area (TPSA) is 75.4 Å². The van der Waals surface area contributed by atoms with Gasteiger partial charge in [0.15, 0.2) is 17.3 Å². The van der Waals surface area contributed by atoms with E-state index in [0.29, 0.717) is 43.4 Å². The van der Waals surface area contributed by atoms with Gasteiger partial charge in [-0.25, -0.2) is 0 Å². The van der Waals surface area contributed by atoms with Gasteiger partial charge in [-0.2, -0.15) is 0 Å². The molecule has 0 saturated heterocycles. The Morgan fingerprint density at radius 2 is 1.73 bits per heavy atom. The second kappa shape index (κ2) is 10.1. The number of rotatable bonds is 8. The largest absolute Gasteiger partial charge is 0.502 e. The predicted molar refractivity (Wildman–Crippen MR) is 126 cm³/mol. The van der Waals surface area contributed by atoms with Crippen molar-refractivity contribution >= 4 is 0 Å². The van der Waals surface area contributed by atoms with Crippen LogP contribution in [0.1, 0.15) is 28.2 Å². The normalized spacial score (nSPS) is 13.7. The number of fused-ring (bicyclic) bond motifs is 1. The molecule has 0 aliphatic carbocycles. The maximum Gasteiger partial charge on any atom is 0.227 e. The molecule has 0 unspecified atom stereocenters. The van der Waals surface area contributed by atoms with Crippen molar-refractivity contribution in [2.75, 3.05) is 27.8 Å². The highest BCUT2D eigenvalue weighted by Gasteiger charge is 2.21. The Morgan fingerprint density at radius 1 is 1.03 bits per heavy atom. The molecule has 2 heterocycles. The number of ether oxygens (including phenoxy) is 2. The van der Waals surface area contributed by atoms with Crippen LogP contribution in [-0.2, 0) is 32.6 Å². The predicted octanol–water partition coefficient (Wildman–Crippen LogP) is 3.55. The third-order valence-electron chi connectivity index (χ3n) is 5.93. The fraction of sp³-hybridized carbons (Fsp3) is 0.346. The molecule has 174 valence electrons. The molecule has 0 radical (unpaired) electrons. The molecule has 4 rings (SSSR count). The van der Waals surface area contributed by atoms with E-state index in [0.717, 1.165) is 24.3 Å². The first kappa shape index (κ1) is 22.9. The van der Waals surface area contributed by atoms with Gasteiger partial charge in [0, 0.05) is 25.7 Å². The van der Waals surface area contributed by atoms with Gasteiger partial charge in [0.2, 0.25) is 11.2 Å². The Hall–Kier alpha value is -3.29. The zero-order chi connectivity index (χ0) is 23.4. The van der Waals surface area contributed by atoms with Crippen LogP contribution in [0.15, 0.2) is 57.7 Å². The van der Waals surface area contributed by atoms with Crippen molar-refractivity contribution in [1.29, 1.82) is 0 Å². The number of benzene rings is 2. The van der Waals surface area contributed by atoms with Crippen LogP contribution < -0.4 is 14.9 Å². The number of nitrogens with zero attached hydrogens (tertiary/aromatic N) is 2. The van der Waals surface area contributed by atoms with Gasteiger partial charge in [0.05, 0.1) is 27.3 Å². The van der Waals surface area contributed by atoms with E-state index < -0.39 is 5.43 Å². The van der Waals surface area contributed by atoms with Crippen molar-refractivity contribution in [1.82, 2.24) is 9.80 Å². The Labute approximate surface area is 193 Å². The average molecular weight is 451 g/mol. The van der Waals surface area contributed by atoms with Crippen molar-refractivity contribution in [3.8, 4) is 17.2 Å². The Balaban J connectivity index is 1.48. The Morgan fingerprint density at radius 3 is 2.42 bits per heavy atom. The Bertz CT molecular complexity index is 1160. The van der Waals surface area contributed by atoms with Crippen LogP contribution in [0.4, 0.5) is 0 Å². The van der Waals surface area contributed by atoms with Crippen molar-refractivity contribution in [3.63, 3.8) is 0 Å². The van der Waals surface area contributed by atoms with Crippen LogP contribution in [0.5, 0.6) is 17.2 Å². The van der Waals surface area contributed by atoms with Gasteiger partial charge < -0.3 is 19.0 Å². The maximum absolute atomic E-state index is 12.4. The molecular formula is C26H30N2O5. The number of hydrogen-bond donors (Lipinski definition) is 1. The highest BCUT2D eigenvalue weighted by Crippen LogP contribution is 2.33. The van der Waals surface area contributed by atoms with Gasteiger partial charge >= 0.3 is 0 Å². The molecule has 0 bridgehead atoms.